The van der Waals surface area contributed by atoms with Crippen molar-refractivity contribution in [2.24, 2.45) is 0 Å². The van der Waals surface area contributed by atoms with Gasteiger partial charge in [0.05, 0.1) is 0 Å². The lowest BCUT2D eigenvalue weighted by molar-refractivity contribution is -0.138. The van der Waals surface area contributed by atoms with E-state index >= 15 is 0 Å². The maximum atomic E-state index is 11.7. The van der Waals surface area contributed by atoms with Crippen LogP contribution in [-0.4, -0.2) is 33.7 Å². The van der Waals surface area contributed by atoms with Crippen LogP contribution in [0.4, 0.5) is 0 Å². The van der Waals surface area contributed by atoms with E-state index in [0.717, 1.165) is 44.9 Å². The number of Topliss-reactive ketones (excluding diaryl/α,β-unsaturated/α-hetero) is 2. The Morgan fingerprint density at radius 3 is 0.880 bits per heavy atom. The monoisotopic (exact) mass is 356 g/mol. The fraction of sp³-hybridized carbons (Fsp3) is 0.789. The molecule has 0 aromatic heterocycles. The van der Waals surface area contributed by atoms with Gasteiger partial charge in [0.15, 0.2) is 0 Å². The third-order valence-corrected chi connectivity index (χ3v) is 4.10. The third-order valence-electron chi connectivity index (χ3n) is 4.10. The topological polar surface area (TPSA) is 109 Å². The molecule has 0 spiro atoms. The second kappa shape index (κ2) is 15.8. The number of rotatable bonds is 18. The van der Waals surface area contributed by atoms with E-state index in [2.05, 4.69) is 0 Å². The molecule has 0 unspecified atom stereocenters. The smallest absolute Gasteiger partial charge is 0.303 e. The Hall–Kier alpha value is -1.72. The number of hydrogen-bond donors (Lipinski definition) is 2. The van der Waals surface area contributed by atoms with Gasteiger partial charge in [-0.2, -0.15) is 0 Å². The fourth-order valence-electron chi connectivity index (χ4n) is 2.62. The Kier molecular flexibility index (Phi) is 14.7. The molecular weight excluding hydrogens is 324 g/mol. The molecule has 0 fully saturated rings. The lowest BCUT2D eigenvalue weighted by atomic mass is 10.0. The molecule has 0 aliphatic rings. The molecule has 0 heterocycles. The summed E-state index contributed by atoms with van der Waals surface area (Å²) >= 11 is 0. The maximum Gasteiger partial charge on any atom is 0.303 e. The SMILES string of the molecule is O=C(O)CCCCCC(=O)CCCCCC(=O)CCCCCC(=O)O. The van der Waals surface area contributed by atoms with E-state index in [0.29, 0.717) is 38.5 Å². The minimum absolute atomic E-state index is 0.168. The molecule has 0 saturated heterocycles. The zero-order chi connectivity index (χ0) is 18.9. The number of unbranched alkanes of at least 4 members (excludes halogenated alkanes) is 6. The summed E-state index contributed by atoms with van der Waals surface area (Å²) in [7, 11) is 0. The molecule has 6 heteroatoms. The molecule has 144 valence electrons. The highest BCUT2D eigenvalue weighted by Gasteiger charge is 2.05. The van der Waals surface area contributed by atoms with Crippen LogP contribution < -0.4 is 0 Å². The normalized spacial score (nSPS) is 10.6. The summed E-state index contributed by atoms with van der Waals surface area (Å²) in [4.78, 5) is 44.0. The van der Waals surface area contributed by atoms with Crippen LogP contribution in [0, 0.1) is 0 Å². The van der Waals surface area contributed by atoms with Crippen molar-refractivity contribution in [3.8, 4) is 0 Å². The van der Waals surface area contributed by atoms with Crippen molar-refractivity contribution in [2.75, 3.05) is 0 Å². The molecule has 0 atom stereocenters. The molecule has 0 bridgehead atoms. The molecule has 0 aliphatic carbocycles. The first-order valence-electron chi connectivity index (χ1n) is 9.39. The predicted octanol–water partition coefficient (Wildman–Crippen LogP) is 4.15. The van der Waals surface area contributed by atoms with Crippen LogP contribution in [0.1, 0.15) is 96.3 Å². The number of hydrogen-bond acceptors (Lipinski definition) is 4. The van der Waals surface area contributed by atoms with Gasteiger partial charge in [-0.1, -0.05) is 19.3 Å². The summed E-state index contributed by atoms with van der Waals surface area (Å²) in [6, 6.07) is 0. The summed E-state index contributed by atoms with van der Waals surface area (Å²) in [5.41, 5.74) is 0. The molecule has 0 aromatic rings. The molecule has 25 heavy (non-hydrogen) atoms. The van der Waals surface area contributed by atoms with Crippen LogP contribution in [-0.2, 0) is 19.2 Å². The predicted molar refractivity (Wildman–Crippen MR) is 94.5 cm³/mol. The molecule has 0 radical (unpaired) electrons. The standard InChI is InChI=1S/C19H32O6/c20-16(12-6-2-8-14-18(22)23)10-4-1-5-11-17(21)13-7-3-9-15-19(24)25/h1-15H2,(H,22,23)(H,24,25). The van der Waals surface area contributed by atoms with Crippen LogP contribution in [0.3, 0.4) is 0 Å². The van der Waals surface area contributed by atoms with Crippen molar-refractivity contribution in [1.29, 1.82) is 0 Å². The van der Waals surface area contributed by atoms with Gasteiger partial charge in [0, 0.05) is 38.5 Å². The Bertz CT molecular complexity index is 378. The first kappa shape index (κ1) is 23.3. The minimum Gasteiger partial charge on any atom is -0.481 e. The van der Waals surface area contributed by atoms with Crippen molar-refractivity contribution in [2.45, 2.75) is 96.3 Å². The van der Waals surface area contributed by atoms with E-state index in [1.807, 2.05) is 0 Å². The molecule has 0 saturated carbocycles. The van der Waals surface area contributed by atoms with Crippen molar-refractivity contribution >= 4 is 23.5 Å². The first-order valence-corrected chi connectivity index (χ1v) is 9.39. The molecule has 0 amide bonds. The van der Waals surface area contributed by atoms with E-state index in [1.165, 1.54) is 0 Å². The van der Waals surface area contributed by atoms with Gasteiger partial charge in [-0.25, -0.2) is 0 Å². The van der Waals surface area contributed by atoms with Crippen molar-refractivity contribution in [1.82, 2.24) is 0 Å². The van der Waals surface area contributed by atoms with Crippen LogP contribution in [0.15, 0.2) is 0 Å². The van der Waals surface area contributed by atoms with Crippen molar-refractivity contribution < 1.29 is 29.4 Å². The number of aliphatic carboxylic acids is 2. The van der Waals surface area contributed by atoms with E-state index in [-0.39, 0.29) is 24.4 Å². The van der Waals surface area contributed by atoms with E-state index < -0.39 is 11.9 Å². The highest BCUT2D eigenvalue weighted by molar-refractivity contribution is 5.78. The maximum absolute atomic E-state index is 11.7. The molecule has 2 N–H and O–H groups in total. The van der Waals surface area contributed by atoms with Gasteiger partial charge in [-0.3, -0.25) is 19.2 Å². The van der Waals surface area contributed by atoms with Crippen LogP contribution in [0.2, 0.25) is 0 Å². The Balaban J connectivity index is 3.38. The van der Waals surface area contributed by atoms with Gasteiger partial charge >= 0.3 is 11.9 Å². The molecule has 0 rings (SSSR count). The van der Waals surface area contributed by atoms with Gasteiger partial charge in [0.2, 0.25) is 0 Å². The summed E-state index contributed by atoms with van der Waals surface area (Å²) in [6.07, 6.45) is 9.27. The zero-order valence-corrected chi connectivity index (χ0v) is 15.1. The van der Waals surface area contributed by atoms with Crippen molar-refractivity contribution in [3.63, 3.8) is 0 Å². The Labute approximate surface area is 150 Å². The third kappa shape index (κ3) is 18.5. The van der Waals surface area contributed by atoms with E-state index in [4.69, 9.17) is 10.2 Å². The number of carboxylic acids is 2. The van der Waals surface area contributed by atoms with E-state index in [9.17, 15) is 19.2 Å². The second-order valence-corrected chi connectivity index (χ2v) is 6.55. The quantitative estimate of drug-likeness (QED) is 0.357. The Morgan fingerprint density at radius 1 is 0.400 bits per heavy atom. The van der Waals surface area contributed by atoms with Gasteiger partial charge in [-0.15, -0.1) is 0 Å². The second-order valence-electron chi connectivity index (χ2n) is 6.55. The molecule has 6 nitrogen and oxygen atoms in total. The number of carbonyl (C=O) groups excluding carboxylic acids is 2. The van der Waals surface area contributed by atoms with Crippen molar-refractivity contribution in [3.05, 3.63) is 0 Å². The highest BCUT2D eigenvalue weighted by atomic mass is 16.4. The van der Waals surface area contributed by atoms with Gasteiger partial charge in [0.25, 0.3) is 0 Å². The zero-order valence-electron chi connectivity index (χ0n) is 15.1. The largest absolute Gasteiger partial charge is 0.481 e. The summed E-state index contributed by atoms with van der Waals surface area (Å²) in [5, 5.41) is 17.0. The lowest BCUT2D eigenvalue weighted by Crippen LogP contribution is -2.00. The molecule has 0 aromatic carbocycles. The summed E-state index contributed by atoms with van der Waals surface area (Å²) < 4.78 is 0. The average molecular weight is 356 g/mol. The number of carboxylic acid groups (broad SMARTS) is 2. The average Bonchev–Trinajstić information content (AvgIpc) is 2.53. The first-order chi connectivity index (χ1) is 11.9. The van der Waals surface area contributed by atoms with E-state index in [1.54, 1.807) is 0 Å². The Morgan fingerprint density at radius 2 is 0.640 bits per heavy atom. The van der Waals surface area contributed by atoms with Gasteiger partial charge < -0.3 is 10.2 Å². The summed E-state index contributed by atoms with van der Waals surface area (Å²) in [5.74, 6) is -1.14. The number of carbonyl (C=O) groups is 4. The van der Waals surface area contributed by atoms with Crippen LogP contribution in [0.25, 0.3) is 0 Å². The fourth-order valence-corrected chi connectivity index (χ4v) is 2.62. The minimum atomic E-state index is -0.791. The lowest BCUT2D eigenvalue weighted by Gasteiger charge is -2.03. The van der Waals surface area contributed by atoms with Gasteiger partial charge in [0.1, 0.15) is 11.6 Å². The summed E-state index contributed by atoms with van der Waals surface area (Å²) in [6.45, 7) is 0. The van der Waals surface area contributed by atoms with Crippen LogP contribution in [0.5, 0.6) is 0 Å². The molecular formula is C19H32O6. The highest BCUT2D eigenvalue weighted by Crippen LogP contribution is 2.11. The number of ketones is 2. The molecule has 0 aliphatic heterocycles. The van der Waals surface area contributed by atoms with Gasteiger partial charge in [-0.05, 0) is 38.5 Å². The van der Waals surface area contributed by atoms with Crippen LogP contribution >= 0.6 is 0 Å².